The fourth-order valence-corrected chi connectivity index (χ4v) is 4.63. The second kappa shape index (κ2) is 7.97. The van der Waals surface area contributed by atoms with Crippen LogP contribution in [0.2, 0.25) is 0 Å². The quantitative estimate of drug-likeness (QED) is 0.799. The van der Waals surface area contributed by atoms with Gasteiger partial charge in [-0.25, -0.2) is 18.4 Å². The Morgan fingerprint density at radius 1 is 1.32 bits per heavy atom. The molecule has 3 heterocycles. The standard InChI is InChI=1S/C17H28N4O3S/c1-25(23,24)15-12-19-17(20-16(15)14-3-2-7-18-11-14)21-8-4-13(5-9-21)6-10-22/h12-14,18,22H,2-11H2,1H3. The van der Waals surface area contributed by atoms with Crippen molar-refractivity contribution in [2.24, 2.45) is 5.92 Å². The molecule has 2 saturated heterocycles. The summed E-state index contributed by atoms with van der Waals surface area (Å²) in [5.74, 6) is 1.31. The number of sulfone groups is 1. The molecular weight excluding hydrogens is 340 g/mol. The van der Waals surface area contributed by atoms with Crippen LogP contribution in [-0.2, 0) is 9.84 Å². The molecule has 2 aliphatic rings. The molecule has 25 heavy (non-hydrogen) atoms. The zero-order chi connectivity index (χ0) is 17.9. The summed E-state index contributed by atoms with van der Waals surface area (Å²) in [5.41, 5.74) is 0.664. The summed E-state index contributed by atoms with van der Waals surface area (Å²) in [6.07, 6.45) is 7.56. The summed E-state index contributed by atoms with van der Waals surface area (Å²) < 4.78 is 24.3. The maximum absolute atomic E-state index is 12.2. The predicted molar refractivity (Wildman–Crippen MR) is 96.6 cm³/mol. The summed E-state index contributed by atoms with van der Waals surface area (Å²) in [6.45, 7) is 3.68. The van der Waals surface area contributed by atoms with Crippen LogP contribution in [-0.4, -0.2) is 62.5 Å². The lowest BCUT2D eigenvalue weighted by atomic mass is 9.94. The second-order valence-corrected chi connectivity index (χ2v) is 9.16. The average molecular weight is 369 g/mol. The van der Waals surface area contributed by atoms with E-state index in [9.17, 15) is 8.42 Å². The number of anilines is 1. The molecule has 140 valence electrons. The van der Waals surface area contributed by atoms with Crippen LogP contribution < -0.4 is 10.2 Å². The van der Waals surface area contributed by atoms with Gasteiger partial charge >= 0.3 is 0 Å². The number of aliphatic hydroxyl groups excluding tert-OH is 1. The Morgan fingerprint density at radius 3 is 2.68 bits per heavy atom. The van der Waals surface area contributed by atoms with Gasteiger partial charge in [0.15, 0.2) is 9.84 Å². The number of aromatic nitrogens is 2. The van der Waals surface area contributed by atoms with Crippen LogP contribution in [0.5, 0.6) is 0 Å². The van der Waals surface area contributed by atoms with Crippen LogP contribution in [0.25, 0.3) is 0 Å². The molecular formula is C17H28N4O3S. The van der Waals surface area contributed by atoms with Crippen molar-refractivity contribution < 1.29 is 13.5 Å². The lowest BCUT2D eigenvalue weighted by Gasteiger charge is -2.32. The van der Waals surface area contributed by atoms with Gasteiger partial charge in [0, 0.05) is 38.4 Å². The van der Waals surface area contributed by atoms with Crippen molar-refractivity contribution in [1.29, 1.82) is 0 Å². The average Bonchev–Trinajstić information content (AvgIpc) is 2.62. The third-order valence-corrected chi connectivity index (χ3v) is 6.40. The Bertz CT molecular complexity index is 681. The van der Waals surface area contributed by atoms with Crippen LogP contribution >= 0.6 is 0 Å². The van der Waals surface area contributed by atoms with E-state index in [2.05, 4.69) is 15.2 Å². The zero-order valence-corrected chi connectivity index (χ0v) is 15.6. The SMILES string of the molecule is CS(=O)(=O)c1cnc(N2CCC(CCO)CC2)nc1C1CCCNC1. The number of rotatable bonds is 5. The normalized spacial score (nSPS) is 23.0. The first-order chi connectivity index (χ1) is 12.0. The van der Waals surface area contributed by atoms with Crippen molar-refractivity contribution >= 4 is 15.8 Å². The molecule has 0 aliphatic carbocycles. The molecule has 0 bridgehead atoms. The summed E-state index contributed by atoms with van der Waals surface area (Å²) in [6, 6.07) is 0. The highest BCUT2D eigenvalue weighted by Crippen LogP contribution is 2.30. The zero-order valence-electron chi connectivity index (χ0n) is 14.8. The summed E-state index contributed by atoms with van der Waals surface area (Å²) in [4.78, 5) is 11.5. The minimum absolute atomic E-state index is 0.118. The first kappa shape index (κ1) is 18.5. The Morgan fingerprint density at radius 2 is 2.08 bits per heavy atom. The highest BCUT2D eigenvalue weighted by molar-refractivity contribution is 7.90. The van der Waals surface area contributed by atoms with Gasteiger partial charge in [0.05, 0.1) is 11.9 Å². The van der Waals surface area contributed by atoms with Gasteiger partial charge in [-0.3, -0.25) is 0 Å². The fourth-order valence-electron chi connectivity index (χ4n) is 3.79. The highest BCUT2D eigenvalue weighted by atomic mass is 32.2. The van der Waals surface area contributed by atoms with Crippen LogP contribution in [0, 0.1) is 5.92 Å². The van der Waals surface area contributed by atoms with E-state index in [-0.39, 0.29) is 17.4 Å². The molecule has 0 aromatic carbocycles. The first-order valence-electron chi connectivity index (χ1n) is 9.12. The smallest absolute Gasteiger partial charge is 0.225 e. The first-order valence-corrected chi connectivity index (χ1v) is 11.0. The van der Waals surface area contributed by atoms with Crippen LogP contribution in [0.4, 0.5) is 5.95 Å². The molecule has 7 nitrogen and oxygen atoms in total. The highest BCUT2D eigenvalue weighted by Gasteiger charge is 2.27. The largest absolute Gasteiger partial charge is 0.396 e. The lowest BCUT2D eigenvalue weighted by Crippen LogP contribution is -2.36. The number of nitrogens with one attached hydrogen (secondary N) is 1. The molecule has 3 rings (SSSR count). The Kier molecular flexibility index (Phi) is 5.91. The Balaban J connectivity index is 1.84. The molecule has 2 aliphatic heterocycles. The van der Waals surface area contributed by atoms with E-state index in [1.54, 1.807) is 0 Å². The molecule has 1 atom stereocenters. The summed E-state index contributed by atoms with van der Waals surface area (Å²) >= 11 is 0. The minimum Gasteiger partial charge on any atom is -0.396 e. The molecule has 1 aromatic heterocycles. The van der Waals surface area contributed by atoms with Crippen molar-refractivity contribution in [3.8, 4) is 0 Å². The monoisotopic (exact) mass is 368 g/mol. The Hall–Kier alpha value is -1.25. The topological polar surface area (TPSA) is 95.4 Å². The molecule has 1 aromatic rings. The number of hydrogen-bond donors (Lipinski definition) is 2. The van der Waals surface area contributed by atoms with Crippen molar-refractivity contribution in [3.05, 3.63) is 11.9 Å². The summed E-state index contributed by atoms with van der Waals surface area (Å²) in [7, 11) is -3.35. The van der Waals surface area contributed by atoms with E-state index in [1.807, 2.05) is 0 Å². The van der Waals surface area contributed by atoms with E-state index in [0.717, 1.165) is 58.3 Å². The van der Waals surface area contributed by atoms with E-state index in [1.165, 1.54) is 12.5 Å². The van der Waals surface area contributed by atoms with Gasteiger partial charge in [-0.2, -0.15) is 0 Å². The van der Waals surface area contributed by atoms with Crippen LogP contribution in [0.1, 0.15) is 43.7 Å². The maximum atomic E-state index is 12.2. The van der Waals surface area contributed by atoms with E-state index < -0.39 is 9.84 Å². The Labute approximate surface area is 149 Å². The molecule has 2 N–H and O–H groups in total. The lowest BCUT2D eigenvalue weighted by molar-refractivity contribution is 0.240. The van der Waals surface area contributed by atoms with Gasteiger partial charge in [0.2, 0.25) is 5.95 Å². The summed E-state index contributed by atoms with van der Waals surface area (Å²) in [5, 5.41) is 12.4. The van der Waals surface area contributed by atoms with E-state index in [0.29, 0.717) is 17.6 Å². The van der Waals surface area contributed by atoms with E-state index in [4.69, 9.17) is 10.1 Å². The van der Waals surface area contributed by atoms with Crippen molar-refractivity contribution in [2.45, 2.75) is 42.9 Å². The molecule has 2 fully saturated rings. The minimum atomic E-state index is -3.35. The molecule has 1 unspecified atom stereocenters. The number of aliphatic hydroxyl groups is 1. The fraction of sp³-hybridized carbons (Fsp3) is 0.765. The molecule has 0 saturated carbocycles. The maximum Gasteiger partial charge on any atom is 0.225 e. The molecule has 0 radical (unpaired) electrons. The van der Waals surface area contributed by atoms with Crippen molar-refractivity contribution in [3.63, 3.8) is 0 Å². The predicted octanol–water partition coefficient (Wildman–Crippen LogP) is 0.946. The number of hydrogen-bond acceptors (Lipinski definition) is 7. The molecule has 8 heteroatoms. The van der Waals surface area contributed by atoms with Crippen molar-refractivity contribution in [2.75, 3.05) is 43.9 Å². The van der Waals surface area contributed by atoms with Crippen LogP contribution in [0.3, 0.4) is 0 Å². The van der Waals surface area contributed by atoms with Gasteiger partial charge in [-0.1, -0.05) is 0 Å². The number of piperidine rings is 2. The third kappa shape index (κ3) is 4.48. The number of nitrogens with zero attached hydrogens (tertiary/aromatic N) is 3. The molecule has 0 amide bonds. The van der Waals surface area contributed by atoms with Gasteiger partial charge in [-0.05, 0) is 44.6 Å². The van der Waals surface area contributed by atoms with Crippen LogP contribution in [0.15, 0.2) is 11.1 Å². The van der Waals surface area contributed by atoms with Crippen molar-refractivity contribution in [1.82, 2.24) is 15.3 Å². The molecule has 0 spiro atoms. The van der Waals surface area contributed by atoms with Gasteiger partial charge in [0.1, 0.15) is 4.90 Å². The van der Waals surface area contributed by atoms with Gasteiger partial charge in [-0.15, -0.1) is 0 Å². The van der Waals surface area contributed by atoms with Gasteiger partial charge < -0.3 is 15.3 Å². The second-order valence-electron chi connectivity index (χ2n) is 7.18. The van der Waals surface area contributed by atoms with E-state index >= 15 is 0 Å². The van der Waals surface area contributed by atoms with Gasteiger partial charge in [0.25, 0.3) is 0 Å². The third-order valence-electron chi connectivity index (χ3n) is 5.29.